The second-order valence-corrected chi connectivity index (χ2v) is 11.4. The predicted octanol–water partition coefficient (Wildman–Crippen LogP) is 11.7. The molecule has 2 heterocycles. The monoisotopic (exact) mass is 561 g/mol. The molecule has 0 aliphatic heterocycles. The minimum Gasteiger partial charge on any atom is -0.456 e. The number of nitrogens with zero attached hydrogens (tertiary/aromatic N) is 1. The molecule has 2 nitrogen and oxygen atoms in total. The summed E-state index contributed by atoms with van der Waals surface area (Å²) < 4.78 is 8.49. The van der Waals surface area contributed by atoms with Crippen LogP contribution < -0.4 is 0 Å². The highest BCUT2D eigenvalue weighted by molar-refractivity contribution is 6.12. The Morgan fingerprint density at radius 1 is 0.318 bits per heavy atom. The molecule has 0 aliphatic rings. The number of furan rings is 1. The van der Waals surface area contributed by atoms with Gasteiger partial charge >= 0.3 is 0 Å². The molecule has 0 saturated carbocycles. The van der Waals surface area contributed by atoms with E-state index in [1.807, 2.05) is 12.1 Å². The van der Waals surface area contributed by atoms with E-state index in [1.54, 1.807) is 0 Å². The molecule has 0 aliphatic carbocycles. The number of aromatic nitrogens is 1. The van der Waals surface area contributed by atoms with Crippen molar-refractivity contribution in [2.45, 2.75) is 0 Å². The third kappa shape index (κ3) is 3.96. The van der Waals surface area contributed by atoms with E-state index in [9.17, 15) is 0 Å². The summed E-state index contributed by atoms with van der Waals surface area (Å²) in [7, 11) is 0. The van der Waals surface area contributed by atoms with Gasteiger partial charge in [0, 0.05) is 27.2 Å². The lowest BCUT2D eigenvalue weighted by atomic mass is 9.97. The normalized spacial score (nSPS) is 11.6. The Labute approximate surface area is 255 Å². The molecular weight excluding hydrogens is 534 g/mol. The first kappa shape index (κ1) is 24.7. The van der Waals surface area contributed by atoms with Crippen LogP contribution >= 0.6 is 0 Å². The minimum absolute atomic E-state index is 0.916. The van der Waals surface area contributed by atoms with Crippen molar-refractivity contribution in [3.63, 3.8) is 0 Å². The van der Waals surface area contributed by atoms with E-state index in [2.05, 4.69) is 156 Å². The first-order valence-electron chi connectivity index (χ1n) is 15.0. The van der Waals surface area contributed by atoms with Gasteiger partial charge < -0.3 is 8.98 Å². The van der Waals surface area contributed by atoms with E-state index in [0.29, 0.717) is 0 Å². The fraction of sp³-hybridized carbons (Fsp3) is 0. The SMILES string of the molecule is c1ccc(-c2cccc(-c3ccc4c(c3)c3cc(-c5ccc6oc7ccccc7c6c5)ccc3n4-c3ccccc3)c2)cc1. The fourth-order valence-corrected chi connectivity index (χ4v) is 6.65. The molecule has 0 unspecified atom stereocenters. The lowest BCUT2D eigenvalue weighted by Gasteiger charge is -2.09. The van der Waals surface area contributed by atoms with Gasteiger partial charge in [-0.25, -0.2) is 0 Å². The molecule has 9 rings (SSSR count). The van der Waals surface area contributed by atoms with Gasteiger partial charge in [0.15, 0.2) is 0 Å². The fourth-order valence-electron chi connectivity index (χ4n) is 6.65. The summed E-state index contributed by atoms with van der Waals surface area (Å²) in [6.07, 6.45) is 0. The quantitative estimate of drug-likeness (QED) is 0.209. The predicted molar refractivity (Wildman–Crippen MR) is 184 cm³/mol. The molecule has 0 fully saturated rings. The van der Waals surface area contributed by atoms with E-state index < -0.39 is 0 Å². The zero-order valence-corrected chi connectivity index (χ0v) is 23.9. The summed E-state index contributed by atoms with van der Waals surface area (Å²) >= 11 is 0. The van der Waals surface area contributed by atoms with E-state index in [0.717, 1.165) is 27.6 Å². The van der Waals surface area contributed by atoms with Crippen molar-refractivity contribution < 1.29 is 4.42 Å². The highest BCUT2D eigenvalue weighted by Gasteiger charge is 2.16. The number of hydrogen-bond acceptors (Lipinski definition) is 1. The Morgan fingerprint density at radius 3 is 1.52 bits per heavy atom. The van der Waals surface area contributed by atoms with Crippen LogP contribution in [-0.4, -0.2) is 4.57 Å². The summed E-state index contributed by atoms with van der Waals surface area (Å²) in [5, 5.41) is 4.77. The van der Waals surface area contributed by atoms with Crippen LogP contribution in [0.25, 0.3) is 82.8 Å². The summed E-state index contributed by atoms with van der Waals surface area (Å²) in [6.45, 7) is 0. The summed E-state index contributed by atoms with van der Waals surface area (Å²) in [4.78, 5) is 0. The van der Waals surface area contributed by atoms with E-state index in [4.69, 9.17) is 4.42 Å². The van der Waals surface area contributed by atoms with Gasteiger partial charge in [0.05, 0.1) is 11.0 Å². The first-order chi connectivity index (χ1) is 21.8. The maximum atomic E-state index is 6.11. The Bertz CT molecular complexity index is 2480. The second-order valence-electron chi connectivity index (χ2n) is 11.4. The van der Waals surface area contributed by atoms with Gasteiger partial charge in [0.25, 0.3) is 0 Å². The largest absolute Gasteiger partial charge is 0.456 e. The molecule has 0 N–H and O–H groups in total. The van der Waals surface area contributed by atoms with Crippen molar-refractivity contribution in [1.29, 1.82) is 0 Å². The maximum Gasteiger partial charge on any atom is 0.135 e. The Kier molecular flexibility index (Phi) is 5.54. The topological polar surface area (TPSA) is 18.1 Å². The second kappa shape index (κ2) is 9.86. The third-order valence-corrected chi connectivity index (χ3v) is 8.79. The van der Waals surface area contributed by atoms with Gasteiger partial charge in [-0.1, -0.05) is 103 Å². The number of fused-ring (bicyclic) bond motifs is 6. The third-order valence-electron chi connectivity index (χ3n) is 8.79. The zero-order valence-electron chi connectivity index (χ0n) is 23.9. The Morgan fingerprint density at radius 2 is 0.818 bits per heavy atom. The molecule has 0 saturated heterocycles. The molecule has 7 aromatic carbocycles. The molecular formula is C42H27NO. The molecule has 206 valence electrons. The minimum atomic E-state index is 0.916. The highest BCUT2D eigenvalue weighted by atomic mass is 16.3. The van der Waals surface area contributed by atoms with Crippen LogP contribution in [0.4, 0.5) is 0 Å². The zero-order chi connectivity index (χ0) is 29.0. The van der Waals surface area contributed by atoms with Gasteiger partial charge in [-0.2, -0.15) is 0 Å². The molecule has 2 aromatic heterocycles. The van der Waals surface area contributed by atoms with Crippen LogP contribution in [0.3, 0.4) is 0 Å². The van der Waals surface area contributed by atoms with Gasteiger partial charge in [-0.3, -0.25) is 0 Å². The van der Waals surface area contributed by atoms with Crippen molar-refractivity contribution in [3.05, 3.63) is 164 Å². The molecule has 44 heavy (non-hydrogen) atoms. The van der Waals surface area contributed by atoms with Crippen molar-refractivity contribution in [3.8, 4) is 39.1 Å². The summed E-state index contributed by atoms with van der Waals surface area (Å²) in [5.41, 5.74) is 12.6. The Hall–Kier alpha value is -5.86. The maximum absolute atomic E-state index is 6.11. The van der Waals surface area contributed by atoms with Crippen molar-refractivity contribution >= 4 is 43.7 Å². The number of para-hydroxylation sites is 2. The standard InChI is InChI=1S/C42H27NO/c1-3-10-28(11-4-1)29-12-9-13-30(24-29)31-18-21-39-36(25-31)37-26-32(19-22-40(37)43(39)34-14-5-2-6-15-34)33-20-23-42-38(27-33)35-16-7-8-17-41(35)44-42/h1-27H. The van der Waals surface area contributed by atoms with Crippen molar-refractivity contribution in [2.24, 2.45) is 0 Å². The number of rotatable bonds is 4. The molecule has 0 radical (unpaired) electrons. The van der Waals surface area contributed by atoms with Crippen LogP contribution in [-0.2, 0) is 0 Å². The van der Waals surface area contributed by atoms with Gasteiger partial charge in [-0.15, -0.1) is 0 Å². The van der Waals surface area contributed by atoms with Crippen molar-refractivity contribution in [1.82, 2.24) is 4.57 Å². The average Bonchev–Trinajstić information content (AvgIpc) is 3.63. The summed E-state index contributed by atoms with van der Waals surface area (Å²) in [6, 6.07) is 58.6. The molecule has 0 amide bonds. The average molecular weight is 562 g/mol. The van der Waals surface area contributed by atoms with E-state index in [-0.39, 0.29) is 0 Å². The molecule has 2 heteroatoms. The highest BCUT2D eigenvalue weighted by Crippen LogP contribution is 2.39. The van der Waals surface area contributed by atoms with Crippen LogP contribution in [0.15, 0.2) is 168 Å². The molecule has 0 atom stereocenters. The number of hydrogen-bond donors (Lipinski definition) is 0. The van der Waals surface area contributed by atoms with Crippen LogP contribution in [0, 0.1) is 0 Å². The first-order valence-corrected chi connectivity index (χ1v) is 15.0. The Balaban J connectivity index is 1.25. The summed E-state index contributed by atoms with van der Waals surface area (Å²) in [5.74, 6) is 0. The van der Waals surface area contributed by atoms with Gasteiger partial charge in [0.1, 0.15) is 11.2 Å². The van der Waals surface area contributed by atoms with Crippen LogP contribution in [0.2, 0.25) is 0 Å². The number of benzene rings is 7. The van der Waals surface area contributed by atoms with Gasteiger partial charge in [0.2, 0.25) is 0 Å². The molecule has 9 aromatic rings. The van der Waals surface area contributed by atoms with E-state index >= 15 is 0 Å². The smallest absolute Gasteiger partial charge is 0.135 e. The van der Waals surface area contributed by atoms with E-state index in [1.165, 1.54) is 55.2 Å². The lowest BCUT2D eigenvalue weighted by molar-refractivity contribution is 0.669. The van der Waals surface area contributed by atoms with Crippen LogP contribution in [0.1, 0.15) is 0 Å². The molecule has 0 spiro atoms. The lowest BCUT2D eigenvalue weighted by Crippen LogP contribution is -1.93. The molecule has 0 bridgehead atoms. The van der Waals surface area contributed by atoms with Crippen LogP contribution in [0.5, 0.6) is 0 Å². The van der Waals surface area contributed by atoms with Gasteiger partial charge in [-0.05, 0) is 94.0 Å². The van der Waals surface area contributed by atoms with Crippen molar-refractivity contribution in [2.75, 3.05) is 0 Å².